The zero-order valence-corrected chi connectivity index (χ0v) is 9.26. The molecule has 1 N–H and O–H groups in total. The number of carbonyl (C=O) groups is 1. The van der Waals surface area contributed by atoms with Gasteiger partial charge in [-0.1, -0.05) is 24.3 Å². The monoisotopic (exact) mass is 223 g/mol. The lowest BCUT2D eigenvalue weighted by atomic mass is 9.89. The summed E-state index contributed by atoms with van der Waals surface area (Å²) >= 11 is 5.72. The molecule has 1 aliphatic heterocycles. The van der Waals surface area contributed by atoms with Crippen LogP contribution in [0.1, 0.15) is 29.9 Å². The Morgan fingerprint density at radius 2 is 2.07 bits per heavy atom. The maximum absolute atomic E-state index is 11.2. The van der Waals surface area contributed by atoms with Gasteiger partial charge < -0.3 is 5.32 Å². The Kier molecular flexibility index (Phi) is 3.27. The highest BCUT2D eigenvalue weighted by molar-refractivity contribution is 6.17. The molecule has 0 bridgehead atoms. The highest BCUT2D eigenvalue weighted by Gasteiger charge is 2.20. The lowest BCUT2D eigenvalue weighted by Gasteiger charge is -2.22. The maximum atomic E-state index is 11.2. The molecule has 1 aromatic rings. The molecule has 0 aromatic heterocycles. The molecular formula is C12H14ClNO. The molecular weight excluding hydrogens is 210 g/mol. The maximum Gasteiger partial charge on any atom is 0.220 e. The average molecular weight is 224 g/mol. The summed E-state index contributed by atoms with van der Waals surface area (Å²) < 4.78 is 0. The largest absolute Gasteiger partial charge is 0.356 e. The van der Waals surface area contributed by atoms with Crippen molar-refractivity contribution in [1.29, 1.82) is 0 Å². The van der Waals surface area contributed by atoms with E-state index in [0.29, 0.717) is 18.2 Å². The molecule has 0 spiro atoms. The lowest BCUT2D eigenvalue weighted by Crippen LogP contribution is -2.32. The molecule has 0 aliphatic carbocycles. The summed E-state index contributed by atoms with van der Waals surface area (Å²) in [7, 11) is 0. The third kappa shape index (κ3) is 2.51. The van der Waals surface area contributed by atoms with E-state index < -0.39 is 0 Å². The Labute approximate surface area is 94.6 Å². The van der Waals surface area contributed by atoms with E-state index in [-0.39, 0.29) is 5.91 Å². The summed E-state index contributed by atoms with van der Waals surface area (Å²) in [6.45, 7) is 0.792. The van der Waals surface area contributed by atoms with Crippen molar-refractivity contribution in [3.05, 3.63) is 35.4 Å². The van der Waals surface area contributed by atoms with Gasteiger partial charge in [-0.15, -0.1) is 11.6 Å². The number of hydrogen-bond acceptors (Lipinski definition) is 1. The van der Waals surface area contributed by atoms with E-state index in [1.165, 1.54) is 5.56 Å². The van der Waals surface area contributed by atoms with Crippen LogP contribution in [-0.4, -0.2) is 12.5 Å². The van der Waals surface area contributed by atoms with Crippen molar-refractivity contribution in [2.24, 2.45) is 0 Å². The van der Waals surface area contributed by atoms with Crippen molar-refractivity contribution in [3.8, 4) is 0 Å². The molecule has 0 unspecified atom stereocenters. The van der Waals surface area contributed by atoms with Crippen LogP contribution >= 0.6 is 11.6 Å². The number of rotatable bonds is 2. The van der Waals surface area contributed by atoms with E-state index in [1.54, 1.807) is 0 Å². The van der Waals surface area contributed by atoms with E-state index >= 15 is 0 Å². The molecule has 1 fully saturated rings. The first-order valence-electron chi connectivity index (χ1n) is 5.21. The van der Waals surface area contributed by atoms with Gasteiger partial charge in [-0.3, -0.25) is 4.79 Å². The fourth-order valence-electron chi connectivity index (χ4n) is 1.95. The number of amides is 1. The zero-order valence-electron chi connectivity index (χ0n) is 8.50. The number of alkyl halides is 1. The van der Waals surface area contributed by atoms with Crippen LogP contribution in [0.4, 0.5) is 0 Å². The predicted octanol–water partition coefficient (Wildman–Crippen LogP) is 2.42. The quantitative estimate of drug-likeness (QED) is 0.767. The summed E-state index contributed by atoms with van der Waals surface area (Å²) in [6.07, 6.45) is 1.65. The van der Waals surface area contributed by atoms with Gasteiger partial charge in [0.25, 0.3) is 0 Å². The van der Waals surface area contributed by atoms with Gasteiger partial charge in [0, 0.05) is 18.8 Å². The molecule has 1 atom stereocenters. The van der Waals surface area contributed by atoms with Crippen LogP contribution in [0.3, 0.4) is 0 Å². The molecule has 1 amide bonds. The molecule has 1 saturated heterocycles. The Bertz CT molecular complexity index is 347. The minimum Gasteiger partial charge on any atom is -0.356 e. The van der Waals surface area contributed by atoms with Gasteiger partial charge in [0.1, 0.15) is 0 Å². The average Bonchev–Trinajstić information content (AvgIpc) is 2.29. The normalized spacial score (nSPS) is 21.1. The molecule has 0 saturated carbocycles. The third-order valence-electron chi connectivity index (χ3n) is 2.85. The molecule has 1 aliphatic rings. The molecule has 3 heteroatoms. The Hall–Kier alpha value is -1.02. The van der Waals surface area contributed by atoms with Crippen LogP contribution in [0.2, 0.25) is 0 Å². The van der Waals surface area contributed by atoms with E-state index in [2.05, 4.69) is 17.4 Å². The second kappa shape index (κ2) is 4.67. The summed E-state index contributed by atoms with van der Waals surface area (Å²) in [4.78, 5) is 11.2. The van der Waals surface area contributed by atoms with E-state index in [9.17, 15) is 4.79 Å². The number of piperidine rings is 1. The Morgan fingerprint density at radius 3 is 2.67 bits per heavy atom. The second-order valence-electron chi connectivity index (χ2n) is 3.91. The fraction of sp³-hybridized carbons (Fsp3) is 0.417. The van der Waals surface area contributed by atoms with Crippen LogP contribution < -0.4 is 5.32 Å². The SMILES string of the molecule is O=C1C[C@@H](c2ccc(CCl)cc2)CCN1. The number of nitrogens with one attached hydrogen (secondary N) is 1. The molecule has 2 rings (SSSR count). The number of halogens is 1. The number of benzene rings is 1. The molecule has 80 valence electrons. The van der Waals surface area contributed by atoms with E-state index in [4.69, 9.17) is 11.6 Å². The first kappa shape index (κ1) is 10.5. The van der Waals surface area contributed by atoms with Crippen LogP contribution in [0, 0.1) is 0 Å². The van der Waals surface area contributed by atoms with Crippen LogP contribution in [0.15, 0.2) is 24.3 Å². The Morgan fingerprint density at radius 1 is 1.33 bits per heavy atom. The lowest BCUT2D eigenvalue weighted by molar-refractivity contribution is -0.122. The van der Waals surface area contributed by atoms with Crippen molar-refractivity contribution in [3.63, 3.8) is 0 Å². The van der Waals surface area contributed by atoms with Crippen molar-refractivity contribution in [2.45, 2.75) is 24.6 Å². The van der Waals surface area contributed by atoms with E-state index in [0.717, 1.165) is 18.5 Å². The van der Waals surface area contributed by atoms with Crippen LogP contribution in [0.25, 0.3) is 0 Å². The zero-order chi connectivity index (χ0) is 10.7. The standard InChI is InChI=1S/C12H14ClNO/c13-8-9-1-3-10(4-2-9)11-5-6-14-12(15)7-11/h1-4,11H,5-8H2,(H,14,15)/t11-/m0/s1. The fourth-order valence-corrected chi connectivity index (χ4v) is 2.13. The minimum atomic E-state index is 0.160. The summed E-state index contributed by atoms with van der Waals surface area (Å²) in [5.74, 6) is 1.08. The van der Waals surface area contributed by atoms with Gasteiger partial charge in [0.15, 0.2) is 0 Å². The van der Waals surface area contributed by atoms with Crippen molar-refractivity contribution in [1.82, 2.24) is 5.32 Å². The van der Waals surface area contributed by atoms with Gasteiger partial charge in [-0.05, 0) is 23.5 Å². The number of carbonyl (C=O) groups excluding carboxylic acids is 1. The molecule has 1 aromatic carbocycles. The van der Waals surface area contributed by atoms with Crippen LogP contribution in [-0.2, 0) is 10.7 Å². The van der Waals surface area contributed by atoms with Gasteiger partial charge in [-0.2, -0.15) is 0 Å². The first-order chi connectivity index (χ1) is 7.29. The van der Waals surface area contributed by atoms with Gasteiger partial charge in [0.2, 0.25) is 5.91 Å². The summed E-state index contributed by atoms with van der Waals surface area (Å²) in [5, 5.41) is 2.84. The topological polar surface area (TPSA) is 29.1 Å². The highest BCUT2D eigenvalue weighted by Crippen LogP contribution is 2.25. The Balaban J connectivity index is 2.11. The molecule has 15 heavy (non-hydrogen) atoms. The van der Waals surface area contributed by atoms with Crippen molar-refractivity contribution in [2.75, 3.05) is 6.54 Å². The summed E-state index contributed by atoms with van der Waals surface area (Å²) in [5.41, 5.74) is 2.37. The number of hydrogen-bond donors (Lipinski definition) is 1. The predicted molar refractivity (Wildman–Crippen MR) is 61.0 cm³/mol. The highest BCUT2D eigenvalue weighted by atomic mass is 35.5. The van der Waals surface area contributed by atoms with Gasteiger partial charge in [0.05, 0.1) is 0 Å². The molecule has 1 heterocycles. The van der Waals surface area contributed by atoms with Gasteiger partial charge in [-0.25, -0.2) is 0 Å². The van der Waals surface area contributed by atoms with E-state index in [1.807, 2.05) is 12.1 Å². The third-order valence-corrected chi connectivity index (χ3v) is 3.16. The van der Waals surface area contributed by atoms with Crippen molar-refractivity contribution >= 4 is 17.5 Å². The minimum absolute atomic E-state index is 0.160. The smallest absolute Gasteiger partial charge is 0.220 e. The van der Waals surface area contributed by atoms with Gasteiger partial charge >= 0.3 is 0 Å². The molecule has 0 radical (unpaired) electrons. The second-order valence-corrected chi connectivity index (χ2v) is 4.18. The molecule has 2 nitrogen and oxygen atoms in total. The van der Waals surface area contributed by atoms with Crippen LogP contribution in [0.5, 0.6) is 0 Å². The first-order valence-corrected chi connectivity index (χ1v) is 5.74. The summed E-state index contributed by atoms with van der Waals surface area (Å²) in [6, 6.07) is 8.24. The van der Waals surface area contributed by atoms with Crippen molar-refractivity contribution < 1.29 is 4.79 Å².